The van der Waals surface area contributed by atoms with Crippen molar-refractivity contribution in [2.45, 2.75) is 40.7 Å². The zero-order chi connectivity index (χ0) is 20.8. The second-order valence-electron chi connectivity index (χ2n) is 9.28. The Morgan fingerprint density at radius 1 is 0.900 bits per heavy atom. The first kappa shape index (κ1) is 20.4. The number of hydrogen-bond acceptors (Lipinski definition) is 0. The van der Waals surface area contributed by atoms with Crippen LogP contribution in [-0.2, 0) is 20.6 Å². The summed E-state index contributed by atoms with van der Waals surface area (Å²) in [6.07, 6.45) is 9.05. The van der Waals surface area contributed by atoms with Crippen molar-refractivity contribution in [3.8, 4) is 0 Å². The van der Waals surface area contributed by atoms with Crippen LogP contribution < -0.4 is 0 Å². The van der Waals surface area contributed by atoms with Crippen molar-refractivity contribution in [1.82, 2.24) is 0 Å². The van der Waals surface area contributed by atoms with Gasteiger partial charge in [0.1, 0.15) is 0 Å². The summed E-state index contributed by atoms with van der Waals surface area (Å²) in [5.41, 5.74) is 8.01. The SMILES string of the molecule is CCC(C)C1=C[CH]([Hf]([CH]2C=Cc3c2ccc2ccccc32)[SiH](C)C)c2ccccc21. The van der Waals surface area contributed by atoms with Crippen LogP contribution in [0.5, 0.6) is 0 Å². The van der Waals surface area contributed by atoms with E-state index in [-0.39, 0.29) is 0 Å². The molecule has 2 aliphatic rings. The fourth-order valence-electron chi connectivity index (χ4n) is 5.58. The molecule has 2 heteroatoms. The molecule has 0 N–H and O–H groups in total. The molecule has 0 aromatic heterocycles. The van der Waals surface area contributed by atoms with Crippen molar-refractivity contribution in [1.29, 1.82) is 0 Å². The van der Waals surface area contributed by atoms with Gasteiger partial charge in [-0.15, -0.1) is 0 Å². The second kappa shape index (κ2) is 8.20. The van der Waals surface area contributed by atoms with Gasteiger partial charge >= 0.3 is 191 Å². The molecular formula is C28H31HfSi. The third-order valence-electron chi connectivity index (χ3n) is 7.28. The van der Waals surface area contributed by atoms with E-state index in [2.05, 4.69) is 106 Å². The Hall–Kier alpha value is -1.51. The predicted octanol–water partition coefficient (Wildman–Crippen LogP) is 7.69. The molecule has 0 bridgehead atoms. The van der Waals surface area contributed by atoms with E-state index < -0.39 is 26.6 Å². The van der Waals surface area contributed by atoms with Gasteiger partial charge in [-0.25, -0.2) is 0 Å². The van der Waals surface area contributed by atoms with E-state index in [0.29, 0.717) is 5.92 Å². The summed E-state index contributed by atoms with van der Waals surface area (Å²) in [7, 11) is 0. The number of allylic oxidation sites excluding steroid dienone is 3. The van der Waals surface area contributed by atoms with Crippen LogP contribution in [0.3, 0.4) is 0 Å². The summed E-state index contributed by atoms with van der Waals surface area (Å²) >= 11 is -2.03. The Bertz CT molecular complexity index is 1160. The van der Waals surface area contributed by atoms with Gasteiger partial charge in [0.2, 0.25) is 0 Å². The maximum absolute atomic E-state index is 2.75. The Labute approximate surface area is 189 Å². The van der Waals surface area contributed by atoms with Gasteiger partial charge in [0.15, 0.2) is 0 Å². The van der Waals surface area contributed by atoms with Gasteiger partial charge < -0.3 is 0 Å². The van der Waals surface area contributed by atoms with E-state index in [1.165, 1.54) is 22.8 Å². The van der Waals surface area contributed by atoms with Crippen molar-refractivity contribution in [3.63, 3.8) is 0 Å². The molecule has 3 unspecified atom stereocenters. The van der Waals surface area contributed by atoms with Crippen LogP contribution in [0.4, 0.5) is 0 Å². The van der Waals surface area contributed by atoms with Crippen LogP contribution in [0.25, 0.3) is 22.4 Å². The molecule has 0 saturated heterocycles. The van der Waals surface area contributed by atoms with Crippen molar-refractivity contribution in [2.75, 3.05) is 0 Å². The predicted molar refractivity (Wildman–Crippen MR) is 131 cm³/mol. The zero-order valence-electron chi connectivity index (χ0n) is 18.5. The fraction of sp³-hybridized carbons (Fsp3) is 0.286. The Morgan fingerprint density at radius 3 is 2.47 bits per heavy atom. The summed E-state index contributed by atoms with van der Waals surface area (Å²) in [5.74, 6) is -0.0620. The van der Waals surface area contributed by atoms with Crippen LogP contribution in [0.1, 0.15) is 49.9 Å². The summed E-state index contributed by atoms with van der Waals surface area (Å²) in [6, 6.07) is 23.1. The monoisotopic (exact) mass is 575 g/mol. The molecule has 30 heavy (non-hydrogen) atoms. The third kappa shape index (κ3) is 3.27. The van der Waals surface area contributed by atoms with Gasteiger partial charge in [-0.3, -0.25) is 0 Å². The minimum atomic E-state index is -2.03. The van der Waals surface area contributed by atoms with Crippen LogP contribution in [0, 0.1) is 5.92 Å². The first-order valence-electron chi connectivity index (χ1n) is 11.5. The van der Waals surface area contributed by atoms with E-state index in [1.807, 2.05) is 0 Å². The van der Waals surface area contributed by atoms with Crippen molar-refractivity contribution in [3.05, 3.63) is 95.1 Å². The number of fused-ring (bicyclic) bond motifs is 4. The van der Waals surface area contributed by atoms with Crippen molar-refractivity contribution < 1.29 is 20.6 Å². The molecule has 151 valence electrons. The average molecular weight is 574 g/mol. The molecule has 0 nitrogen and oxygen atoms in total. The third-order valence-corrected chi connectivity index (χ3v) is 37.5. The molecule has 5 rings (SSSR count). The topological polar surface area (TPSA) is 0 Å². The van der Waals surface area contributed by atoms with E-state index >= 15 is 0 Å². The standard InChI is InChI=1S/C13H9.C13H15.C2H7Si.Hf/c1-2-6-12-10(4-1)8-9-11-5-3-7-13(11)12;1-3-10(2)12-9-8-11-6-4-5-7-13(11)12;1-3-2;/h1-9H;4-10H,3H2,1-2H3;3H,1-2H3;. The Morgan fingerprint density at radius 2 is 1.67 bits per heavy atom. The molecule has 3 aromatic carbocycles. The van der Waals surface area contributed by atoms with Gasteiger partial charge in [0.05, 0.1) is 0 Å². The van der Waals surface area contributed by atoms with Crippen molar-refractivity contribution in [2.24, 2.45) is 5.92 Å². The van der Waals surface area contributed by atoms with E-state index in [4.69, 9.17) is 0 Å². The van der Waals surface area contributed by atoms with E-state index in [9.17, 15) is 0 Å². The number of rotatable bonds is 5. The molecule has 0 spiro atoms. The summed E-state index contributed by atoms with van der Waals surface area (Å²) < 4.78 is 1.50. The molecule has 0 saturated carbocycles. The molecular weight excluding hydrogens is 543 g/mol. The van der Waals surface area contributed by atoms with E-state index in [1.54, 1.807) is 22.3 Å². The molecule has 0 amide bonds. The quantitative estimate of drug-likeness (QED) is 0.274. The van der Waals surface area contributed by atoms with Gasteiger partial charge in [-0.05, 0) is 0 Å². The Balaban J connectivity index is 1.62. The first-order chi connectivity index (χ1) is 14.6. The van der Waals surface area contributed by atoms with Crippen molar-refractivity contribution >= 4 is 28.4 Å². The van der Waals surface area contributed by atoms with Gasteiger partial charge in [-0.1, -0.05) is 0 Å². The minimum absolute atomic E-state index is 0.660. The molecule has 3 aromatic rings. The van der Waals surface area contributed by atoms with Crippen LogP contribution in [0.2, 0.25) is 13.1 Å². The van der Waals surface area contributed by atoms with Gasteiger partial charge in [0, 0.05) is 0 Å². The second-order valence-corrected chi connectivity index (χ2v) is 37.6. The zero-order valence-corrected chi connectivity index (χ0v) is 23.3. The molecule has 2 aliphatic carbocycles. The number of hydrogen-bond donors (Lipinski definition) is 0. The fourth-order valence-corrected chi connectivity index (χ4v) is 35.4. The molecule has 0 radical (unpaired) electrons. The van der Waals surface area contributed by atoms with E-state index in [0.717, 1.165) is 7.35 Å². The van der Waals surface area contributed by atoms with Crippen LogP contribution >= 0.6 is 0 Å². The number of benzene rings is 3. The van der Waals surface area contributed by atoms with Crippen LogP contribution in [-0.4, -0.2) is 5.98 Å². The van der Waals surface area contributed by atoms with Gasteiger partial charge in [0.25, 0.3) is 0 Å². The normalized spacial score (nSPS) is 20.4. The molecule has 0 heterocycles. The average Bonchev–Trinajstić information content (AvgIpc) is 3.36. The molecule has 0 aliphatic heterocycles. The molecule has 0 fully saturated rings. The molecule has 3 atom stereocenters. The summed E-state index contributed by atoms with van der Waals surface area (Å²) in [4.78, 5) is 0. The maximum atomic E-state index is 2.75. The van der Waals surface area contributed by atoms with Gasteiger partial charge in [-0.2, -0.15) is 0 Å². The Kier molecular flexibility index (Phi) is 5.58. The first-order valence-corrected chi connectivity index (χ1v) is 24.7. The summed E-state index contributed by atoms with van der Waals surface area (Å²) in [6.45, 7) is 10.0. The van der Waals surface area contributed by atoms with Crippen LogP contribution in [0.15, 0.2) is 72.8 Å². The summed E-state index contributed by atoms with van der Waals surface area (Å²) in [5, 5.41) is 2.81.